The molecule has 7 heteroatoms. The molecule has 2 bridgehead atoms. The van der Waals surface area contributed by atoms with Crippen molar-refractivity contribution in [2.24, 2.45) is 17.8 Å². The second kappa shape index (κ2) is 7.29. The molecule has 4 rings (SSSR count). The molecule has 3 fully saturated rings. The molecule has 26 heavy (non-hydrogen) atoms. The molecule has 1 aromatic carbocycles. The van der Waals surface area contributed by atoms with Crippen LogP contribution in [0.2, 0.25) is 0 Å². The van der Waals surface area contributed by atoms with Crippen LogP contribution in [-0.2, 0) is 19.6 Å². The van der Waals surface area contributed by atoms with Gasteiger partial charge in [0, 0.05) is 25.2 Å². The van der Waals surface area contributed by atoms with E-state index in [-0.39, 0.29) is 10.8 Å². The number of ether oxygens (including phenoxy) is 1. The van der Waals surface area contributed by atoms with E-state index >= 15 is 0 Å². The molecule has 3 unspecified atom stereocenters. The summed E-state index contributed by atoms with van der Waals surface area (Å²) in [5.74, 6) is 2.12. The second-order valence-electron chi connectivity index (χ2n) is 7.73. The fraction of sp³-hybridized carbons (Fsp3) is 0.632. The Morgan fingerprint density at radius 2 is 1.85 bits per heavy atom. The van der Waals surface area contributed by atoms with Gasteiger partial charge in [-0.05, 0) is 61.3 Å². The van der Waals surface area contributed by atoms with Gasteiger partial charge in [0.1, 0.15) is 0 Å². The van der Waals surface area contributed by atoms with Gasteiger partial charge < -0.3 is 10.1 Å². The van der Waals surface area contributed by atoms with E-state index in [0.29, 0.717) is 44.3 Å². The van der Waals surface area contributed by atoms with E-state index in [1.165, 1.54) is 30.0 Å². The van der Waals surface area contributed by atoms with Gasteiger partial charge in [-0.3, -0.25) is 4.79 Å². The molecule has 1 N–H and O–H groups in total. The van der Waals surface area contributed by atoms with E-state index in [2.05, 4.69) is 5.32 Å². The van der Waals surface area contributed by atoms with Crippen molar-refractivity contribution in [3.63, 3.8) is 0 Å². The Kier molecular flexibility index (Phi) is 5.03. The first-order valence-electron chi connectivity index (χ1n) is 9.50. The summed E-state index contributed by atoms with van der Waals surface area (Å²) in [6, 6.07) is 6.48. The zero-order chi connectivity index (χ0) is 18.1. The highest BCUT2D eigenvalue weighted by Gasteiger charge is 2.40. The second-order valence-corrected chi connectivity index (χ2v) is 9.67. The number of hydrogen-bond donors (Lipinski definition) is 1. The van der Waals surface area contributed by atoms with Gasteiger partial charge in [0.15, 0.2) is 0 Å². The molecular weight excluding hydrogens is 352 g/mol. The van der Waals surface area contributed by atoms with Gasteiger partial charge in [0.2, 0.25) is 15.9 Å². The van der Waals surface area contributed by atoms with Gasteiger partial charge in [-0.25, -0.2) is 8.42 Å². The van der Waals surface area contributed by atoms with E-state index in [4.69, 9.17) is 4.74 Å². The summed E-state index contributed by atoms with van der Waals surface area (Å²) in [4.78, 5) is 12.6. The fourth-order valence-electron chi connectivity index (χ4n) is 4.72. The number of amides is 1. The van der Waals surface area contributed by atoms with Gasteiger partial charge in [0.25, 0.3) is 0 Å². The molecule has 1 amide bonds. The average Bonchev–Trinajstić information content (AvgIpc) is 3.26. The number of benzene rings is 1. The van der Waals surface area contributed by atoms with Crippen LogP contribution >= 0.6 is 0 Å². The number of carbonyl (C=O) groups excluding carboxylic acids is 1. The van der Waals surface area contributed by atoms with Crippen LogP contribution in [0.15, 0.2) is 29.2 Å². The third kappa shape index (κ3) is 3.66. The lowest BCUT2D eigenvalue weighted by atomic mass is 9.86. The summed E-state index contributed by atoms with van der Waals surface area (Å²) >= 11 is 0. The summed E-state index contributed by atoms with van der Waals surface area (Å²) in [6.45, 7) is 1.61. The van der Waals surface area contributed by atoms with E-state index < -0.39 is 10.0 Å². The Labute approximate surface area is 155 Å². The summed E-state index contributed by atoms with van der Waals surface area (Å²) in [5.41, 5.74) is 0.652. The summed E-state index contributed by atoms with van der Waals surface area (Å²) in [5, 5.41) is 2.92. The third-order valence-corrected chi connectivity index (χ3v) is 7.99. The van der Waals surface area contributed by atoms with Crippen molar-refractivity contribution in [1.29, 1.82) is 0 Å². The maximum Gasteiger partial charge on any atom is 0.243 e. The van der Waals surface area contributed by atoms with Gasteiger partial charge >= 0.3 is 0 Å². The monoisotopic (exact) mass is 378 g/mol. The van der Waals surface area contributed by atoms with Crippen molar-refractivity contribution < 1.29 is 17.9 Å². The van der Waals surface area contributed by atoms with Crippen LogP contribution in [-0.4, -0.2) is 44.9 Å². The van der Waals surface area contributed by atoms with Crippen molar-refractivity contribution in [3.8, 4) is 0 Å². The highest BCUT2D eigenvalue weighted by molar-refractivity contribution is 7.89. The van der Waals surface area contributed by atoms with Crippen LogP contribution in [0.4, 0.5) is 5.69 Å². The van der Waals surface area contributed by atoms with Crippen LogP contribution in [0.5, 0.6) is 0 Å². The zero-order valence-electron chi connectivity index (χ0n) is 14.9. The zero-order valence-corrected chi connectivity index (χ0v) is 15.7. The number of fused-ring (bicyclic) bond motifs is 2. The first-order valence-corrected chi connectivity index (χ1v) is 10.9. The third-order valence-electron chi connectivity index (χ3n) is 6.08. The van der Waals surface area contributed by atoms with Crippen LogP contribution < -0.4 is 5.32 Å². The van der Waals surface area contributed by atoms with E-state index in [1.54, 1.807) is 24.3 Å². The van der Waals surface area contributed by atoms with Crippen molar-refractivity contribution >= 4 is 21.6 Å². The van der Waals surface area contributed by atoms with Gasteiger partial charge in [-0.2, -0.15) is 4.31 Å². The van der Waals surface area contributed by atoms with E-state index in [0.717, 1.165) is 11.8 Å². The Morgan fingerprint density at radius 3 is 2.46 bits per heavy atom. The molecule has 1 heterocycles. The van der Waals surface area contributed by atoms with Crippen LogP contribution in [0.1, 0.15) is 32.1 Å². The fourth-order valence-corrected chi connectivity index (χ4v) is 6.13. The van der Waals surface area contributed by atoms with Gasteiger partial charge in [-0.15, -0.1) is 0 Å². The molecule has 2 saturated carbocycles. The van der Waals surface area contributed by atoms with Crippen molar-refractivity contribution in [3.05, 3.63) is 24.3 Å². The molecule has 3 aliphatic rings. The SMILES string of the molecule is O=C(CC1CC2CCC1C2)Nc1ccc(S(=O)(=O)N2CCOCC2)cc1. The van der Waals surface area contributed by atoms with Crippen molar-refractivity contribution in [2.75, 3.05) is 31.6 Å². The lowest BCUT2D eigenvalue weighted by Crippen LogP contribution is -2.40. The molecule has 0 aromatic heterocycles. The summed E-state index contributed by atoms with van der Waals surface area (Å²) in [6.07, 6.45) is 5.68. The molecule has 3 atom stereocenters. The molecule has 1 saturated heterocycles. The molecule has 0 radical (unpaired) electrons. The molecule has 1 aromatic rings. The van der Waals surface area contributed by atoms with Crippen LogP contribution in [0, 0.1) is 17.8 Å². The predicted octanol–water partition coefficient (Wildman–Crippen LogP) is 2.47. The predicted molar refractivity (Wildman–Crippen MR) is 98.2 cm³/mol. The van der Waals surface area contributed by atoms with Gasteiger partial charge in [0.05, 0.1) is 18.1 Å². The van der Waals surface area contributed by atoms with E-state index in [9.17, 15) is 13.2 Å². The number of morpholine rings is 1. The number of rotatable bonds is 5. The highest BCUT2D eigenvalue weighted by Crippen LogP contribution is 2.49. The number of nitrogens with one attached hydrogen (secondary N) is 1. The maximum atomic E-state index is 12.6. The Balaban J connectivity index is 1.36. The summed E-state index contributed by atoms with van der Waals surface area (Å²) < 4.78 is 31.9. The van der Waals surface area contributed by atoms with Crippen LogP contribution in [0.3, 0.4) is 0 Å². The minimum atomic E-state index is -3.49. The van der Waals surface area contributed by atoms with Crippen molar-refractivity contribution in [1.82, 2.24) is 4.31 Å². The Bertz CT molecular complexity index is 756. The number of anilines is 1. The number of nitrogens with zero attached hydrogens (tertiary/aromatic N) is 1. The number of hydrogen-bond acceptors (Lipinski definition) is 4. The first kappa shape index (κ1) is 17.9. The lowest BCUT2D eigenvalue weighted by molar-refractivity contribution is -0.117. The number of carbonyl (C=O) groups is 1. The molecule has 6 nitrogen and oxygen atoms in total. The van der Waals surface area contributed by atoms with Crippen LogP contribution in [0.25, 0.3) is 0 Å². The molecule has 1 aliphatic heterocycles. The molecular formula is C19H26N2O4S. The minimum Gasteiger partial charge on any atom is -0.379 e. The molecule has 0 spiro atoms. The van der Waals surface area contributed by atoms with Crippen molar-refractivity contribution in [2.45, 2.75) is 37.0 Å². The normalized spacial score (nSPS) is 29.0. The standard InChI is InChI=1S/C19H26N2O4S/c22-19(13-16-12-14-1-2-15(16)11-14)20-17-3-5-18(6-4-17)26(23,24)21-7-9-25-10-8-21/h3-6,14-16H,1-2,7-13H2,(H,20,22). The first-order chi connectivity index (χ1) is 12.5. The Hall–Kier alpha value is -1.44. The summed E-state index contributed by atoms with van der Waals surface area (Å²) in [7, 11) is -3.49. The molecule has 142 valence electrons. The number of sulfonamides is 1. The highest BCUT2D eigenvalue weighted by atomic mass is 32.2. The minimum absolute atomic E-state index is 0.0336. The Morgan fingerprint density at radius 1 is 1.12 bits per heavy atom. The maximum absolute atomic E-state index is 12.6. The average molecular weight is 378 g/mol. The topological polar surface area (TPSA) is 75.7 Å². The van der Waals surface area contributed by atoms with Gasteiger partial charge in [-0.1, -0.05) is 6.42 Å². The quantitative estimate of drug-likeness (QED) is 0.854. The molecule has 2 aliphatic carbocycles. The smallest absolute Gasteiger partial charge is 0.243 e. The van der Waals surface area contributed by atoms with E-state index in [1.807, 2.05) is 0 Å². The largest absolute Gasteiger partial charge is 0.379 e. The lowest BCUT2D eigenvalue weighted by Gasteiger charge is -2.26.